The summed E-state index contributed by atoms with van der Waals surface area (Å²) in [5.41, 5.74) is 0.778. The van der Waals surface area contributed by atoms with Gasteiger partial charge in [-0.25, -0.2) is 4.98 Å². The van der Waals surface area contributed by atoms with Crippen LogP contribution in [-0.4, -0.2) is 48.6 Å². The van der Waals surface area contributed by atoms with Crippen molar-refractivity contribution in [2.24, 2.45) is 0 Å². The minimum atomic E-state index is -0.246. The zero-order valence-corrected chi connectivity index (χ0v) is 12.5. The van der Waals surface area contributed by atoms with E-state index in [1.807, 2.05) is 5.38 Å². The van der Waals surface area contributed by atoms with Crippen LogP contribution >= 0.6 is 11.3 Å². The van der Waals surface area contributed by atoms with E-state index in [1.165, 1.54) is 7.11 Å². The van der Waals surface area contributed by atoms with E-state index in [-0.39, 0.29) is 12.4 Å². The number of nitrogens with zero attached hydrogens (tertiary/aromatic N) is 2. The maximum absolute atomic E-state index is 11.2. The van der Waals surface area contributed by atoms with Gasteiger partial charge < -0.3 is 15.0 Å². The van der Waals surface area contributed by atoms with Gasteiger partial charge in [-0.1, -0.05) is 0 Å². The summed E-state index contributed by atoms with van der Waals surface area (Å²) < 4.78 is 4.64. The van der Waals surface area contributed by atoms with Crippen molar-refractivity contribution in [1.29, 1.82) is 0 Å². The maximum Gasteiger partial charge on any atom is 0.311 e. The average molecular weight is 283 g/mol. The van der Waals surface area contributed by atoms with Gasteiger partial charge in [0.2, 0.25) is 0 Å². The van der Waals surface area contributed by atoms with Gasteiger partial charge in [-0.3, -0.25) is 4.79 Å². The van der Waals surface area contributed by atoms with Crippen molar-refractivity contribution in [3.63, 3.8) is 0 Å². The Kier molecular flexibility index (Phi) is 4.76. The summed E-state index contributed by atoms with van der Waals surface area (Å²) in [6.07, 6.45) is 2.51. The van der Waals surface area contributed by atoms with Gasteiger partial charge in [-0.05, 0) is 26.8 Å². The third kappa shape index (κ3) is 3.91. The number of ether oxygens (including phenoxy) is 1. The number of anilines is 1. The van der Waals surface area contributed by atoms with Gasteiger partial charge in [0, 0.05) is 24.0 Å². The lowest BCUT2D eigenvalue weighted by atomic mass is 9.99. The molecule has 6 heteroatoms. The Morgan fingerprint density at radius 1 is 1.68 bits per heavy atom. The van der Waals surface area contributed by atoms with Gasteiger partial charge in [-0.15, -0.1) is 11.3 Å². The number of hydrogen-bond donors (Lipinski definition) is 1. The largest absolute Gasteiger partial charge is 0.469 e. The van der Waals surface area contributed by atoms with Crippen LogP contribution in [0.5, 0.6) is 0 Å². The van der Waals surface area contributed by atoms with Crippen LogP contribution in [0.15, 0.2) is 5.38 Å². The molecule has 0 spiro atoms. The van der Waals surface area contributed by atoms with Gasteiger partial charge in [0.05, 0.1) is 19.2 Å². The predicted octanol–water partition coefficient (Wildman–Crippen LogP) is 1.75. The third-order valence-electron chi connectivity index (χ3n) is 3.64. The summed E-state index contributed by atoms with van der Waals surface area (Å²) in [4.78, 5) is 18.0. The summed E-state index contributed by atoms with van der Waals surface area (Å²) in [6, 6.07) is 1.07. The van der Waals surface area contributed by atoms with Crippen molar-refractivity contribution in [3.05, 3.63) is 11.1 Å². The number of methoxy groups -OCH3 is 1. The first kappa shape index (κ1) is 14.3. The number of carbonyl (C=O) groups is 1. The molecule has 1 N–H and O–H groups in total. The molecule has 19 heavy (non-hydrogen) atoms. The number of piperidine rings is 1. The topological polar surface area (TPSA) is 54.5 Å². The second kappa shape index (κ2) is 6.34. The number of esters is 1. The van der Waals surface area contributed by atoms with Crippen molar-refractivity contribution < 1.29 is 9.53 Å². The van der Waals surface area contributed by atoms with E-state index in [4.69, 9.17) is 0 Å². The quantitative estimate of drug-likeness (QED) is 0.853. The Bertz CT molecular complexity index is 435. The van der Waals surface area contributed by atoms with E-state index in [2.05, 4.69) is 33.9 Å². The van der Waals surface area contributed by atoms with E-state index < -0.39 is 0 Å². The molecule has 2 heterocycles. The highest BCUT2D eigenvalue weighted by molar-refractivity contribution is 7.13. The molecule has 5 nitrogen and oxygen atoms in total. The first-order valence-electron chi connectivity index (χ1n) is 6.56. The van der Waals surface area contributed by atoms with Crippen molar-refractivity contribution >= 4 is 22.4 Å². The van der Waals surface area contributed by atoms with Crippen LogP contribution in [-0.2, 0) is 16.0 Å². The Balaban J connectivity index is 1.88. The second-order valence-electron chi connectivity index (χ2n) is 5.09. The van der Waals surface area contributed by atoms with Gasteiger partial charge in [0.1, 0.15) is 0 Å². The lowest BCUT2D eigenvalue weighted by molar-refractivity contribution is -0.139. The van der Waals surface area contributed by atoms with E-state index in [0.29, 0.717) is 12.1 Å². The summed E-state index contributed by atoms with van der Waals surface area (Å²) in [6.45, 7) is 3.36. The Morgan fingerprint density at radius 2 is 2.47 bits per heavy atom. The maximum atomic E-state index is 11.2. The first-order chi connectivity index (χ1) is 9.08. The molecule has 2 rings (SSSR count). The van der Waals surface area contributed by atoms with Crippen molar-refractivity contribution in [2.45, 2.75) is 38.3 Å². The fraction of sp³-hybridized carbons (Fsp3) is 0.692. The molecular formula is C13H21N3O2S. The van der Waals surface area contributed by atoms with Crippen LogP contribution in [0.25, 0.3) is 0 Å². The van der Waals surface area contributed by atoms with Crippen molar-refractivity contribution in [3.8, 4) is 0 Å². The molecule has 1 aliphatic heterocycles. The monoisotopic (exact) mass is 283 g/mol. The number of aromatic nitrogens is 1. The highest BCUT2D eigenvalue weighted by Gasteiger charge is 2.23. The van der Waals surface area contributed by atoms with Crippen LogP contribution in [0, 0.1) is 0 Å². The van der Waals surface area contributed by atoms with Gasteiger partial charge in [0.25, 0.3) is 0 Å². The number of nitrogens with one attached hydrogen (secondary N) is 1. The zero-order chi connectivity index (χ0) is 13.8. The average Bonchev–Trinajstić information content (AvgIpc) is 2.81. The number of hydrogen-bond acceptors (Lipinski definition) is 6. The normalized spacial score (nSPS) is 24.2. The molecule has 106 valence electrons. The zero-order valence-electron chi connectivity index (χ0n) is 11.7. The first-order valence-corrected chi connectivity index (χ1v) is 7.44. The summed E-state index contributed by atoms with van der Waals surface area (Å²) >= 11 is 1.55. The van der Waals surface area contributed by atoms with E-state index in [9.17, 15) is 4.79 Å². The second-order valence-corrected chi connectivity index (χ2v) is 5.95. The highest BCUT2D eigenvalue weighted by Crippen LogP contribution is 2.22. The SMILES string of the molecule is COC(=O)Cc1csc(NC2CCN(C)C(C)C2)n1. The van der Waals surface area contributed by atoms with E-state index >= 15 is 0 Å². The lowest BCUT2D eigenvalue weighted by Crippen LogP contribution is -2.42. The third-order valence-corrected chi connectivity index (χ3v) is 4.46. The molecule has 0 saturated carbocycles. The smallest absolute Gasteiger partial charge is 0.311 e. The van der Waals surface area contributed by atoms with Gasteiger partial charge in [0.15, 0.2) is 5.13 Å². The Hall–Kier alpha value is -1.14. The molecule has 0 aromatic carbocycles. The molecule has 2 unspecified atom stereocenters. The number of carbonyl (C=O) groups excluding carboxylic acids is 1. The molecule has 1 aromatic rings. The molecule has 2 atom stereocenters. The molecule has 0 amide bonds. The van der Waals surface area contributed by atoms with Crippen LogP contribution in [0.3, 0.4) is 0 Å². The minimum absolute atomic E-state index is 0.246. The van der Waals surface area contributed by atoms with Crippen LogP contribution in [0.2, 0.25) is 0 Å². The highest BCUT2D eigenvalue weighted by atomic mass is 32.1. The van der Waals surface area contributed by atoms with Gasteiger partial charge >= 0.3 is 5.97 Å². The van der Waals surface area contributed by atoms with Crippen molar-refractivity contribution in [1.82, 2.24) is 9.88 Å². The number of rotatable bonds is 4. The van der Waals surface area contributed by atoms with E-state index in [0.717, 1.165) is 30.2 Å². The number of thiazole rings is 1. The van der Waals surface area contributed by atoms with E-state index in [1.54, 1.807) is 11.3 Å². The molecule has 0 radical (unpaired) electrons. The predicted molar refractivity (Wildman–Crippen MR) is 76.6 cm³/mol. The fourth-order valence-electron chi connectivity index (χ4n) is 2.27. The lowest BCUT2D eigenvalue weighted by Gasteiger charge is -2.35. The summed E-state index contributed by atoms with van der Waals surface area (Å²) in [7, 11) is 3.56. The van der Waals surface area contributed by atoms with Gasteiger partial charge in [-0.2, -0.15) is 0 Å². The Morgan fingerprint density at radius 3 is 3.16 bits per heavy atom. The van der Waals surface area contributed by atoms with Crippen LogP contribution < -0.4 is 5.32 Å². The fourth-order valence-corrected chi connectivity index (χ4v) is 3.06. The van der Waals surface area contributed by atoms with Crippen LogP contribution in [0.1, 0.15) is 25.5 Å². The summed E-state index contributed by atoms with van der Waals surface area (Å²) in [5, 5.41) is 6.29. The number of likely N-dealkylation sites (tertiary alicyclic amines) is 1. The van der Waals surface area contributed by atoms with Crippen LogP contribution in [0.4, 0.5) is 5.13 Å². The molecule has 1 fully saturated rings. The molecule has 0 bridgehead atoms. The molecular weight excluding hydrogens is 262 g/mol. The molecule has 1 saturated heterocycles. The van der Waals surface area contributed by atoms with Crippen molar-refractivity contribution in [2.75, 3.05) is 26.0 Å². The minimum Gasteiger partial charge on any atom is -0.469 e. The molecule has 1 aliphatic rings. The Labute approximate surface area is 118 Å². The molecule has 0 aliphatic carbocycles. The summed E-state index contributed by atoms with van der Waals surface area (Å²) in [5.74, 6) is -0.246. The standard InChI is InChI=1S/C13H21N3O2S/c1-9-6-10(4-5-16(9)2)14-13-15-11(8-19-13)7-12(17)18-3/h8-10H,4-7H2,1-3H3,(H,14,15). The molecule has 1 aromatic heterocycles.